The van der Waals surface area contributed by atoms with Crippen LogP contribution in [0.15, 0.2) is 16.6 Å². The molecule has 0 bridgehead atoms. The number of carbonyl (C=O) groups is 1. The third-order valence-corrected chi connectivity index (χ3v) is 4.85. The van der Waals surface area contributed by atoms with Crippen molar-refractivity contribution in [2.45, 2.75) is 32.7 Å². The molecule has 1 aromatic carbocycles. The fourth-order valence-corrected chi connectivity index (χ4v) is 2.98. The van der Waals surface area contributed by atoms with Crippen molar-refractivity contribution in [2.24, 2.45) is 0 Å². The zero-order valence-electron chi connectivity index (χ0n) is 12.0. The summed E-state index contributed by atoms with van der Waals surface area (Å²) in [7, 11) is 4.11. The van der Waals surface area contributed by atoms with Crippen LogP contribution in [0, 0.1) is 13.8 Å². The lowest BCUT2D eigenvalue weighted by molar-refractivity contribution is -0.117. The van der Waals surface area contributed by atoms with Gasteiger partial charge in [0.1, 0.15) is 0 Å². The van der Waals surface area contributed by atoms with E-state index in [2.05, 4.69) is 60.9 Å². The van der Waals surface area contributed by atoms with E-state index in [9.17, 15) is 4.79 Å². The normalized spacial score (nSPS) is 19.6. The van der Waals surface area contributed by atoms with Crippen LogP contribution in [-0.4, -0.2) is 37.5 Å². The predicted molar refractivity (Wildman–Crippen MR) is 82.7 cm³/mol. The highest BCUT2D eigenvalue weighted by Gasteiger charge is 2.32. The van der Waals surface area contributed by atoms with Gasteiger partial charge in [0.15, 0.2) is 0 Å². The molecule has 1 saturated heterocycles. The Morgan fingerprint density at radius 3 is 2.42 bits per heavy atom. The van der Waals surface area contributed by atoms with Gasteiger partial charge in [-0.05, 0) is 57.6 Å². The van der Waals surface area contributed by atoms with Crippen LogP contribution in [0.3, 0.4) is 0 Å². The molecule has 1 atom stereocenters. The van der Waals surface area contributed by atoms with Crippen molar-refractivity contribution >= 4 is 27.5 Å². The molecule has 1 heterocycles. The van der Waals surface area contributed by atoms with Crippen LogP contribution >= 0.6 is 15.9 Å². The smallest absolute Gasteiger partial charge is 0.227 e. The number of carbonyl (C=O) groups excluding carboxylic acids is 1. The molecule has 4 heteroatoms. The molecule has 1 unspecified atom stereocenters. The maximum absolute atomic E-state index is 12.2. The summed E-state index contributed by atoms with van der Waals surface area (Å²) in [6, 6.07) is 4.49. The van der Waals surface area contributed by atoms with E-state index in [0.717, 1.165) is 23.1 Å². The average Bonchev–Trinajstić information content (AvgIpc) is 2.66. The standard InChI is InChI=1S/C15H21BrN2O/c1-10-7-13(8-11(2)15(10)16)18-12(9-17(3)4)5-6-14(18)19/h7-8,12H,5-6,9H2,1-4H3. The third-order valence-electron chi connectivity index (χ3n) is 3.60. The van der Waals surface area contributed by atoms with Crippen molar-refractivity contribution < 1.29 is 4.79 Å². The van der Waals surface area contributed by atoms with Crippen molar-refractivity contribution in [2.75, 3.05) is 25.5 Å². The Hall–Kier alpha value is -0.870. The average molecular weight is 325 g/mol. The molecule has 1 fully saturated rings. The van der Waals surface area contributed by atoms with Crippen molar-refractivity contribution in [3.05, 3.63) is 27.7 Å². The van der Waals surface area contributed by atoms with Gasteiger partial charge in [-0.15, -0.1) is 0 Å². The number of hydrogen-bond donors (Lipinski definition) is 0. The largest absolute Gasteiger partial charge is 0.308 e. The highest BCUT2D eigenvalue weighted by Crippen LogP contribution is 2.32. The first kappa shape index (κ1) is 14.5. The van der Waals surface area contributed by atoms with E-state index >= 15 is 0 Å². The maximum Gasteiger partial charge on any atom is 0.227 e. The van der Waals surface area contributed by atoms with Crippen LogP contribution in [0.5, 0.6) is 0 Å². The van der Waals surface area contributed by atoms with Crippen LogP contribution < -0.4 is 4.90 Å². The second-order valence-electron chi connectivity index (χ2n) is 5.61. The molecule has 1 amide bonds. The molecule has 0 aromatic heterocycles. The fraction of sp³-hybridized carbons (Fsp3) is 0.533. The van der Waals surface area contributed by atoms with Crippen LogP contribution in [0.25, 0.3) is 0 Å². The number of rotatable bonds is 3. The first-order chi connectivity index (χ1) is 8.90. The molecular formula is C15H21BrN2O. The summed E-state index contributed by atoms with van der Waals surface area (Å²) >= 11 is 3.58. The zero-order chi connectivity index (χ0) is 14.2. The Morgan fingerprint density at radius 2 is 1.89 bits per heavy atom. The topological polar surface area (TPSA) is 23.6 Å². The number of likely N-dealkylation sites (N-methyl/N-ethyl adjacent to an activating group) is 1. The van der Waals surface area contributed by atoms with Gasteiger partial charge in [-0.2, -0.15) is 0 Å². The monoisotopic (exact) mass is 324 g/mol. The first-order valence-electron chi connectivity index (χ1n) is 6.63. The number of aryl methyl sites for hydroxylation is 2. The van der Waals surface area contributed by atoms with Gasteiger partial charge in [-0.3, -0.25) is 4.79 Å². The van der Waals surface area contributed by atoms with Gasteiger partial charge in [0.05, 0.1) is 6.04 Å². The van der Waals surface area contributed by atoms with E-state index in [1.54, 1.807) is 0 Å². The van der Waals surface area contributed by atoms with Crippen LogP contribution in [-0.2, 0) is 4.79 Å². The Balaban J connectivity index is 2.35. The van der Waals surface area contributed by atoms with Gasteiger partial charge in [0.25, 0.3) is 0 Å². The molecule has 0 aliphatic carbocycles. The molecule has 1 aliphatic heterocycles. The van der Waals surface area contributed by atoms with E-state index in [0.29, 0.717) is 12.5 Å². The fourth-order valence-electron chi connectivity index (χ4n) is 2.75. The van der Waals surface area contributed by atoms with Gasteiger partial charge in [0.2, 0.25) is 5.91 Å². The highest BCUT2D eigenvalue weighted by atomic mass is 79.9. The molecule has 0 spiro atoms. The molecule has 19 heavy (non-hydrogen) atoms. The van der Waals surface area contributed by atoms with Gasteiger partial charge in [-0.1, -0.05) is 15.9 Å². The molecule has 1 aliphatic rings. The molecule has 3 nitrogen and oxygen atoms in total. The summed E-state index contributed by atoms with van der Waals surface area (Å²) in [6.07, 6.45) is 1.61. The lowest BCUT2D eigenvalue weighted by atomic mass is 10.1. The molecule has 104 valence electrons. The number of benzene rings is 1. The minimum absolute atomic E-state index is 0.243. The van der Waals surface area contributed by atoms with Gasteiger partial charge >= 0.3 is 0 Å². The molecule has 0 N–H and O–H groups in total. The SMILES string of the molecule is Cc1cc(N2C(=O)CCC2CN(C)C)cc(C)c1Br. The molecule has 1 aromatic rings. The Labute approximate surface area is 123 Å². The Morgan fingerprint density at radius 1 is 1.32 bits per heavy atom. The number of hydrogen-bond acceptors (Lipinski definition) is 2. The van der Waals surface area contributed by atoms with Crippen LogP contribution in [0.1, 0.15) is 24.0 Å². The molecule has 0 saturated carbocycles. The minimum atomic E-state index is 0.243. The minimum Gasteiger partial charge on any atom is -0.308 e. The van der Waals surface area contributed by atoms with E-state index < -0.39 is 0 Å². The first-order valence-corrected chi connectivity index (χ1v) is 7.43. The van der Waals surface area contributed by atoms with Gasteiger partial charge in [0, 0.05) is 23.1 Å². The predicted octanol–water partition coefficient (Wildman–Crippen LogP) is 3.12. The van der Waals surface area contributed by atoms with Gasteiger partial charge < -0.3 is 9.80 Å². The zero-order valence-corrected chi connectivity index (χ0v) is 13.6. The quantitative estimate of drug-likeness (QED) is 0.852. The maximum atomic E-state index is 12.2. The summed E-state index contributed by atoms with van der Waals surface area (Å²) in [6.45, 7) is 5.06. The van der Waals surface area contributed by atoms with E-state index in [1.807, 2.05) is 4.90 Å². The number of amides is 1. The number of halogens is 1. The summed E-state index contributed by atoms with van der Waals surface area (Å²) in [4.78, 5) is 16.3. The summed E-state index contributed by atoms with van der Waals surface area (Å²) in [5.41, 5.74) is 3.39. The van der Waals surface area contributed by atoms with E-state index in [4.69, 9.17) is 0 Å². The molecule has 0 radical (unpaired) electrons. The van der Waals surface area contributed by atoms with Crippen molar-refractivity contribution in [1.29, 1.82) is 0 Å². The van der Waals surface area contributed by atoms with Gasteiger partial charge in [-0.25, -0.2) is 0 Å². The number of nitrogens with zero attached hydrogens (tertiary/aromatic N) is 2. The summed E-state index contributed by atoms with van der Waals surface area (Å²) in [5.74, 6) is 0.243. The number of anilines is 1. The highest BCUT2D eigenvalue weighted by molar-refractivity contribution is 9.10. The molecular weight excluding hydrogens is 304 g/mol. The lowest BCUT2D eigenvalue weighted by Crippen LogP contribution is -2.39. The molecule has 2 rings (SSSR count). The second kappa shape index (κ2) is 5.63. The van der Waals surface area contributed by atoms with Crippen molar-refractivity contribution in [3.63, 3.8) is 0 Å². The van der Waals surface area contributed by atoms with Crippen molar-refractivity contribution in [3.8, 4) is 0 Å². The van der Waals surface area contributed by atoms with Crippen molar-refractivity contribution in [1.82, 2.24) is 4.90 Å². The summed E-state index contributed by atoms with van der Waals surface area (Å²) in [5, 5.41) is 0. The van der Waals surface area contributed by atoms with E-state index in [-0.39, 0.29) is 5.91 Å². The second-order valence-corrected chi connectivity index (χ2v) is 6.41. The van der Waals surface area contributed by atoms with E-state index in [1.165, 1.54) is 11.1 Å². The van der Waals surface area contributed by atoms with Crippen LogP contribution in [0.2, 0.25) is 0 Å². The third kappa shape index (κ3) is 3.00. The van der Waals surface area contributed by atoms with Crippen LogP contribution in [0.4, 0.5) is 5.69 Å². The lowest BCUT2D eigenvalue weighted by Gasteiger charge is -2.28. The summed E-state index contributed by atoms with van der Waals surface area (Å²) < 4.78 is 1.13. The Kier molecular flexibility index (Phi) is 4.31. The Bertz CT molecular complexity index is 476.